The van der Waals surface area contributed by atoms with Crippen molar-refractivity contribution in [2.24, 2.45) is 0 Å². The molecule has 2 rings (SSSR count). The van der Waals surface area contributed by atoms with E-state index < -0.39 is 0 Å². The van der Waals surface area contributed by atoms with E-state index in [1.165, 1.54) is 18.7 Å². The van der Waals surface area contributed by atoms with Crippen molar-refractivity contribution in [2.45, 2.75) is 32.2 Å². The molecular formula is C8H10Br2N2. The van der Waals surface area contributed by atoms with Crippen molar-refractivity contribution in [1.82, 2.24) is 9.55 Å². The third-order valence-corrected chi connectivity index (χ3v) is 3.96. The molecule has 0 aliphatic heterocycles. The molecule has 0 saturated heterocycles. The first-order chi connectivity index (χ1) is 5.74. The summed E-state index contributed by atoms with van der Waals surface area (Å²) in [5, 5.41) is 0. The molecule has 0 radical (unpaired) electrons. The molecule has 0 bridgehead atoms. The molecule has 1 aromatic rings. The fraction of sp³-hybridized carbons (Fsp3) is 0.625. The Hall–Kier alpha value is 0.170. The van der Waals surface area contributed by atoms with E-state index in [2.05, 4.69) is 48.3 Å². The average molecular weight is 294 g/mol. The van der Waals surface area contributed by atoms with Gasteiger partial charge in [-0.25, -0.2) is 4.98 Å². The van der Waals surface area contributed by atoms with Crippen LogP contribution in [0, 0.1) is 0 Å². The Morgan fingerprint density at radius 3 is 2.67 bits per heavy atom. The smallest absolute Gasteiger partial charge is 0.139 e. The molecule has 2 nitrogen and oxygen atoms in total. The van der Waals surface area contributed by atoms with Crippen LogP contribution in [0.15, 0.2) is 9.21 Å². The first-order valence-corrected chi connectivity index (χ1v) is 5.74. The number of hydrogen-bond acceptors (Lipinski definition) is 1. The fourth-order valence-corrected chi connectivity index (χ4v) is 2.36. The van der Waals surface area contributed by atoms with Crippen LogP contribution < -0.4 is 0 Å². The monoisotopic (exact) mass is 292 g/mol. The van der Waals surface area contributed by atoms with Crippen molar-refractivity contribution >= 4 is 31.9 Å². The first-order valence-electron chi connectivity index (χ1n) is 4.16. The van der Waals surface area contributed by atoms with Gasteiger partial charge in [0.15, 0.2) is 0 Å². The van der Waals surface area contributed by atoms with Crippen LogP contribution in [0.1, 0.15) is 31.6 Å². The van der Waals surface area contributed by atoms with E-state index in [9.17, 15) is 0 Å². The fourth-order valence-electron chi connectivity index (χ4n) is 1.38. The average Bonchev–Trinajstić information content (AvgIpc) is 2.82. The van der Waals surface area contributed by atoms with Crippen LogP contribution in [0.3, 0.4) is 0 Å². The molecule has 0 spiro atoms. The van der Waals surface area contributed by atoms with Crippen LogP contribution >= 0.6 is 31.9 Å². The zero-order valence-electron chi connectivity index (χ0n) is 6.85. The summed E-state index contributed by atoms with van der Waals surface area (Å²) in [6.45, 7) is 2.14. The second-order valence-corrected chi connectivity index (χ2v) is 4.57. The van der Waals surface area contributed by atoms with Gasteiger partial charge in [-0.1, -0.05) is 6.92 Å². The van der Waals surface area contributed by atoms with E-state index in [4.69, 9.17) is 0 Å². The molecular weight excluding hydrogens is 284 g/mol. The van der Waals surface area contributed by atoms with Crippen LogP contribution in [0.2, 0.25) is 0 Å². The van der Waals surface area contributed by atoms with Crippen molar-refractivity contribution in [1.29, 1.82) is 0 Å². The highest BCUT2D eigenvalue weighted by Crippen LogP contribution is 2.40. The quantitative estimate of drug-likeness (QED) is 0.818. The van der Waals surface area contributed by atoms with Crippen LogP contribution in [-0.4, -0.2) is 9.55 Å². The van der Waals surface area contributed by atoms with E-state index in [0.717, 1.165) is 15.6 Å². The van der Waals surface area contributed by atoms with Gasteiger partial charge in [0.25, 0.3) is 0 Å². The lowest BCUT2D eigenvalue weighted by Gasteiger charge is -2.04. The molecule has 1 fully saturated rings. The Bertz CT molecular complexity index is 302. The van der Waals surface area contributed by atoms with Crippen LogP contribution in [0.25, 0.3) is 0 Å². The minimum absolute atomic E-state index is 0.702. The summed E-state index contributed by atoms with van der Waals surface area (Å²) in [7, 11) is 0. The van der Waals surface area contributed by atoms with E-state index in [-0.39, 0.29) is 0 Å². The van der Waals surface area contributed by atoms with Crippen molar-refractivity contribution in [3.05, 3.63) is 15.0 Å². The molecule has 1 heterocycles. The van der Waals surface area contributed by atoms with Crippen molar-refractivity contribution in [3.8, 4) is 0 Å². The van der Waals surface area contributed by atoms with Gasteiger partial charge in [0, 0.05) is 12.5 Å². The number of aromatic nitrogens is 2. The van der Waals surface area contributed by atoms with Gasteiger partial charge in [-0.15, -0.1) is 0 Å². The SMILES string of the molecule is CCc1nc(Br)c(Br)n1C1CC1. The molecule has 1 saturated carbocycles. The van der Waals surface area contributed by atoms with Gasteiger partial charge in [-0.2, -0.15) is 0 Å². The lowest BCUT2D eigenvalue weighted by Crippen LogP contribution is -1.99. The third kappa shape index (κ3) is 1.35. The third-order valence-electron chi connectivity index (χ3n) is 2.12. The molecule has 0 aromatic carbocycles. The zero-order chi connectivity index (χ0) is 8.72. The van der Waals surface area contributed by atoms with Crippen LogP contribution in [0.4, 0.5) is 0 Å². The summed E-state index contributed by atoms with van der Waals surface area (Å²) in [4.78, 5) is 4.42. The molecule has 12 heavy (non-hydrogen) atoms. The summed E-state index contributed by atoms with van der Waals surface area (Å²) in [6.07, 6.45) is 3.60. The second-order valence-electron chi connectivity index (χ2n) is 3.06. The summed E-state index contributed by atoms with van der Waals surface area (Å²) in [5.41, 5.74) is 0. The predicted molar refractivity (Wildman–Crippen MR) is 55.3 cm³/mol. The molecule has 0 atom stereocenters. The zero-order valence-corrected chi connectivity index (χ0v) is 10.0. The summed E-state index contributed by atoms with van der Waals surface area (Å²) >= 11 is 6.96. The highest BCUT2D eigenvalue weighted by Gasteiger charge is 2.28. The number of halogens is 2. The van der Waals surface area contributed by atoms with E-state index in [0.29, 0.717) is 6.04 Å². The first kappa shape index (κ1) is 8.75. The largest absolute Gasteiger partial charge is 0.319 e. The Morgan fingerprint density at radius 2 is 2.17 bits per heavy atom. The van der Waals surface area contributed by atoms with Crippen molar-refractivity contribution in [2.75, 3.05) is 0 Å². The molecule has 1 aliphatic rings. The van der Waals surface area contributed by atoms with E-state index in [1.54, 1.807) is 0 Å². The Morgan fingerprint density at radius 1 is 1.50 bits per heavy atom. The topological polar surface area (TPSA) is 17.8 Å². The second kappa shape index (κ2) is 3.14. The molecule has 0 amide bonds. The van der Waals surface area contributed by atoms with Gasteiger partial charge in [-0.3, -0.25) is 0 Å². The normalized spacial score (nSPS) is 16.9. The highest BCUT2D eigenvalue weighted by molar-refractivity contribution is 9.13. The van der Waals surface area contributed by atoms with Crippen LogP contribution in [0.5, 0.6) is 0 Å². The maximum Gasteiger partial charge on any atom is 0.139 e. The minimum atomic E-state index is 0.702. The van der Waals surface area contributed by atoms with Gasteiger partial charge in [0.05, 0.1) is 0 Å². The Labute approximate surface area is 88.6 Å². The predicted octanol–water partition coefficient (Wildman–Crippen LogP) is 3.31. The Kier molecular flexibility index (Phi) is 2.29. The van der Waals surface area contributed by atoms with Crippen LogP contribution in [-0.2, 0) is 6.42 Å². The lowest BCUT2D eigenvalue weighted by atomic mass is 10.4. The number of hydrogen-bond donors (Lipinski definition) is 0. The molecule has 1 aliphatic carbocycles. The summed E-state index contributed by atoms with van der Waals surface area (Å²) in [6, 6.07) is 0.702. The van der Waals surface area contributed by atoms with Gasteiger partial charge in [0.1, 0.15) is 15.0 Å². The highest BCUT2D eigenvalue weighted by atomic mass is 79.9. The standard InChI is InChI=1S/C8H10Br2N2/c1-2-6-11-7(9)8(10)12(6)5-3-4-5/h5H,2-4H2,1H3. The van der Waals surface area contributed by atoms with E-state index >= 15 is 0 Å². The van der Waals surface area contributed by atoms with Gasteiger partial charge >= 0.3 is 0 Å². The Balaban J connectivity index is 2.46. The number of imidazole rings is 1. The molecule has 0 N–H and O–H groups in total. The van der Waals surface area contributed by atoms with Gasteiger partial charge in [-0.05, 0) is 44.7 Å². The number of nitrogens with zero attached hydrogens (tertiary/aromatic N) is 2. The van der Waals surface area contributed by atoms with Gasteiger partial charge in [0.2, 0.25) is 0 Å². The molecule has 0 unspecified atom stereocenters. The van der Waals surface area contributed by atoms with E-state index in [1.807, 2.05) is 0 Å². The number of aryl methyl sites for hydroxylation is 1. The minimum Gasteiger partial charge on any atom is -0.319 e. The van der Waals surface area contributed by atoms with Crippen molar-refractivity contribution in [3.63, 3.8) is 0 Å². The summed E-state index contributed by atoms with van der Waals surface area (Å²) in [5.74, 6) is 1.18. The molecule has 1 aromatic heterocycles. The lowest BCUT2D eigenvalue weighted by molar-refractivity contribution is 0.675. The van der Waals surface area contributed by atoms with Crippen molar-refractivity contribution < 1.29 is 0 Å². The molecule has 66 valence electrons. The maximum atomic E-state index is 4.42. The number of rotatable bonds is 2. The molecule has 4 heteroatoms. The summed E-state index contributed by atoms with van der Waals surface area (Å²) < 4.78 is 4.33. The van der Waals surface area contributed by atoms with Gasteiger partial charge < -0.3 is 4.57 Å². The maximum absolute atomic E-state index is 4.42.